The van der Waals surface area contributed by atoms with Gasteiger partial charge >= 0.3 is 0 Å². The van der Waals surface area contributed by atoms with Gasteiger partial charge in [0.15, 0.2) is 0 Å². The number of rotatable bonds is 4. The first kappa shape index (κ1) is 13.6. The summed E-state index contributed by atoms with van der Waals surface area (Å²) >= 11 is 3.02. The first-order valence-corrected chi connectivity index (χ1v) is 5.72. The Morgan fingerprint density at radius 3 is 2.71 bits per heavy atom. The number of hydrogen-bond acceptors (Lipinski definition) is 2. The van der Waals surface area contributed by atoms with Crippen molar-refractivity contribution in [2.45, 2.75) is 19.4 Å². The summed E-state index contributed by atoms with van der Waals surface area (Å²) in [6.45, 7) is 1.49. The summed E-state index contributed by atoms with van der Waals surface area (Å²) in [5.41, 5.74) is 5.53. The number of hydrogen-bond donors (Lipinski definition) is 2. The topological polar surface area (TPSA) is 72.2 Å². The zero-order valence-corrected chi connectivity index (χ0v) is 10.8. The Balaban J connectivity index is 2.62. The lowest BCUT2D eigenvalue weighted by Gasteiger charge is -2.10. The smallest absolute Gasteiger partial charge is 0.239 e. The van der Waals surface area contributed by atoms with Gasteiger partial charge in [-0.25, -0.2) is 4.39 Å². The molecule has 0 spiro atoms. The van der Waals surface area contributed by atoms with Gasteiger partial charge in [-0.2, -0.15) is 0 Å². The molecule has 1 aromatic rings. The lowest BCUT2D eigenvalue weighted by atomic mass is 10.1. The van der Waals surface area contributed by atoms with Crippen molar-refractivity contribution in [1.29, 1.82) is 0 Å². The quantitative estimate of drug-likeness (QED) is 0.875. The van der Waals surface area contributed by atoms with Crippen LogP contribution in [0.2, 0.25) is 0 Å². The summed E-state index contributed by atoms with van der Waals surface area (Å²) < 4.78 is 13.5. The van der Waals surface area contributed by atoms with Crippen molar-refractivity contribution < 1.29 is 14.0 Å². The minimum Gasteiger partial charge on any atom is -0.368 e. The lowest BCUT2D eigenvalue weighted by molar-refractivity contribution is -0.126. The zero-order chi connectivity index (χ0) is 13.0. The molecule has 0 aliphatic carbocycles. The van der Waals surface area contributed by atoms with E-state index in [1.807, 2.05) is 0 Å². The molecule has 0 saturated heterocycles. The van der Waals surface area contributed by atoms with Crippen molar-refractivity contribution in [3.8, 4) is 0 Å². The van der Waals surface area contributed by atoms with E-state index in [2.05, 4.69) is 21.2 Å². The van der Waals surface area contributed by atoms with E-state index < -0.39 is 17.8 Å². The van der Waals surface area contributed by atoms with Gasteiger partial charge in [0.05, 0.1) is 10.9 Å². The molecule has 3 N–H and O–H groups in total. The molecule has 6 heteroatoms. The van der Waals surface area contributed by atoms with Gasteiger partial charge in [0.2, 0.25) is 11.8 Å². The SMILES string of the molecule is C[C@H](NC(=O)Cc1ccc(Br)c(F)c1)C(N)=O. The third-order valence-electron chi connectivity index (χ3n) is 2.15. The molecule has 0 unspecified atom stereocenters. The second kappa shape index (κ2) is 5.77. The number of carbonyl (C=O) groups excluding carboxylic acids is 2. The number of amides is 2. The highest BCUT2D eigenvalue weighted by atomic mass is 79.9. The molecule has 0 aliphatic rings. The Morgan fingerprint density at radius 1 is 1.53 bits per heavy atom. The summed E-state index contributed by atoms with van der Waals surface area (Å²) in [6.07, 6.45) is 0.00181. The normalized spacial score (nSPS) is 11.9. The number of nitrogens with two attached hydrogens (primary N) is 1. The highest BCUT2D eigenvalue weighted by Crippen LogP contribution is 2.16. The van der Waals surface area contributed by atoms with E-state index in [4.69, 9.17) is 5.73 Å². The largest absolute Gasteiger partial charge is 0.368 e. The van der Waals surface area contributed by atoms with Gasteiger partial charge in [-0.1, -0.05) is 6.07 Å². The highest BCUT2D eigenvalue weighted by Gasteiger charge is 2.12. The van der Waals surface area contributed by atoms with Crippen molar-refractivity contribution in [3.63, 3.8) is 0 Å². The summed E-state index contributed by atoms with van der Waals surface area (Å²) in [5, 5.41) is 2.41. The second-order valence-electron chi connectivity index (χ2n) is 3.62. The van der Waals surface area contributed by atoms with Crippen molar-refractivity contribution >= 4 is 27.7 Å². The number of primary amides is 1. The zero-order valence-electron chi connectivity index (χ0n) is 9.17. The maximum Gasteiger partial charge on any atom is 0.239 e. The fourth-order valence-corrected chi connectivity index (χ4v) is 1.45. The number of carbonyl (C=O) groups is 2. The molecule has 0 heterocycles. The van der Waals surface area contributed by atoms with Crippen molar-refractivity contribution in [3.05, 3.63) is 34.1 Å². The fourth-order valence-electron chi connectivity index (χ4n) is 1.20. The van der Waals surface area contributed by atoms with Gasteiger partial charge in [-0.3, -0.25) is 9.59 Å². The van der Waals surface area contributed by atoms with Crippen LogP contribution in [0.5, 0.6) is 0 Å². The van der Waals surface area contributed by atoms with Gasteiger partial charge in [-0.05, 0) is 40.5 Å². The third-order valence-corrected chi connectivity index (χ3v) is 2.80. The van der Waals surface area contributed by atoms with Crippen LogP contribution in [0.15, 0.2) is 22.7 Å². The Bertz CT molecular complexity index is 451. The average Bonchev–Trinajstić information content (AvgIpc) is 2.23. The van der Waals surface area contributed by atoms with E-state index in [1.165, 1.54) is 19.1 Å². The number of benzene rings is 1. The molecule has 0 bridgehead atoms. The molecule has 4 nitrogen and oxygen atoms in total. The van der Waals surface area contributed by atoms with Crippen LogP contribution in [0.1, 0.15) is 12.5 Å². The number of halogens is 2. The van der Waals surface area contributed by atoms with Crippen molar-refractivity contribution in [2.75, 3.05) is 0 Å². The maximum atomic E-state index is 13.2. The van der Waals surface area contributed by atoms with Gasteiger partial charge in [0.1, 0.15) is 11.9 Å². The third kappa shape index (κ3) is 4.14. The van der Waals surface area contributed by atoms with Crippen LogP contribution < -0.4 is 11.1 Å². The molecule has 2 amide bonds. The molecule has 1 rings (SSSR count). The van der Waals surface area contributed by atoms with Crippen LogP contribution in [0, 0.1) is 5.82 Å². The summed E-state index contributed by atoms with van der Waals surface area (Å²) in [5.74, 6) is -1.42. The van der Waals surface area contributed by atoms with Crippen LogP contribution in [0.3, 0.4) is 0 Å². The molecule has 0 radical (unpaired) electrons. The van der Waals surface area contributed by atoms with E-state index >= 15 is 0 Å². The molecule has 0 saturated carbocycles. The van der Waals surface area contributed by atoms with Gasteiger partial charge in [-0.15, -0.1) is 0 Å². The van der Waals surface area contributed by atoms with Crippen LogP contribution in [-0.2, 0) is 16.0 Å². The summed E-state index contributed by atoms with van der Waals surface area (Å²) in [7, 11) is 0. The van der Waals surface area contributed by atoms with E-state index in [9.17, 15) is 14.0 Å². The maximum absolute atomic E-state index is 13.2. The average molecular weight is 303 g/mol. The van der Waals surface area contributed by atoms with Gasteiger partial charge < -0.3 is 11.1 Å². The monoisotopic (exact) mass is 302 g/mol. The fraction of sp³-hybridized carbons (Fsp3) is 0.273. The molecular weight excluding hydrogens is 291 g/mol. The Kier molecular flexibility index (Phi) is 4.62. The summed E-state index contributed by atoms with van der Waals surface area (Å²) in [4.78, 5) is 22.2. The van der Waals surface area contributed by atoms with Crippen molar-refractivity contribution in [1.82, 2.24) is 5.32 Å². The predicted molar refractivity (Wildman–Crippen MR) is 64.6 cm³/mol. The van der Waals surface area contributed by atoms with Gasteiger partial charge in [0, 0.05) is 0 Å². The summed E-state index contributed by atoms with van der Waals surface area (Å²) in [6, 6.07) is 3.68. The molecule has 0 aliphatic heterocycles. The van der Waals surface area contributed by atoms with E-state index in [0.717, 1.165) is 0 Å². The van der Waals surface area contributed by atoms with Crippen LogP contribution in [0.25, 0.3) is 0 Å². The Morgan fingerprint density at radius 2 is 2.18 bits per heavy atom. The van der Waals surface area contributed by atoms with Crippen LogP contribution in [0.4, 0.5) is 4.39 Å². The lowest BCUT2D eigenvalue weighted by Crippen LogP contribution is -2.42. The molecule has 17 heavy (non-hydrogen) atoms. The van der Waals surface area contributed by atoms with Crippen LogP contribution >= 0.6 is 15.9 Å². The number of nitrogens with one attached hydrogen (secondary N) is 1. The molecule has 1 aromatic carbocycles. The molecule has 0 fully saturated rings. The minimum absolute atomic E-state index is 0.00181. The Hall–Kier alpha value is -1.43. The second-order valence-corrected chi connectivity index (χ2v) is 4.47. The molecule has 1 atom stereocenters. The van der Waals surface area contributed by atoms with E-state index in [-0.39, 0.29) is 12.3 Å². The highest BCUT2D eigenvalue weighted by molar-refractivity contribution is 9.10. The minimum atomic E-state index is -0.734. The van der Waals surface area contributed by atoms with Crippen molar-refractivity contribution in [2.24, 2.45) is 5.73 Å². The van der Waals surface area contributed by atoms with Crippen LogP contribution in [-0.4, -0.2) is 17.9 Å². The molecule has 92 valence electrons. The first-order valence-electron chi connectivity index (χ1n) is 4.92. The molecule has 0 aromatic heterocycles. The predicted octanol–water partition coefficient (Wildman–Crippen LogP) is 1.12. The molecular formula is C11H12BrFN2O2. The van der Waals surface area contributed by atoms with E-state index in [1.54, 1.807) is 6.07 Å². The standard InChI is InChI=1S/C11H12BrFN2O2/c1-6(11(14)17)15-10(16)5-7-2-3-8(12)9(13)4-7/h2-4,6H,5H2,1H3,(H2,14,17)(H,15,16)/t6-/m0/s1. The first-order chi connectivity index (χ1) is 7.90. The Labute approximate surface area is 107 Å². The van der Waals surface area contributed by atoms with Gasteiger partial charge in [0.25, 0.3) is 0 Å². The van der Waals surface area contributed by atoms with E-state index in [0.29, 0.717) is 10.0 Å².